The molecule has 1 saturated carbocycles. The van der Waals surface area contributed by atoms with E-state index in [1.165, 1.54) is 15.3 Å². The molecule has 2 aromatic rings. The van der Waals surface area contributed by atoms with Crippen molar-refractivity contribution in [3.63, 3.8) is 0 Å². The molecule has 2 aliphatic rings. The van der Waals surface area contributed by atoms with Crippen LogP contribution in [-0.4, -0.2) is 42.0 Å². The van der Waals surface area contributed by atoms with Crippen LogP contribution in [0, 0.1) is 5.92 Å². The van der Waals surface area contributed by atoms with Crippen LogP contribution >= 0.6 is 0 Å². The lowest BCUT2D eigenvalue weighted by Crippen LogP contribution is -2.41. The Balaban J connectivity index is 1.64. The maximum absolute atomic E-state index is 13.3. The lowest BCUT2D eigenvalue weighted by molar-refractivity contribution is -0.0212. The van der Waals surface area contributed by atoms with E-state index in [0.717, 1.165) is 51.5 Å². The van der Waals surface area contributed by atoms with Gasteiger partial charge in [-0.05, 0) is 51.0 Å². The average molecular weight is 416 g/mol. The Morgan fingerprint density at radius 2 is 2.20 bits per heavy atom. The van der Waals surface area contributed by atoms with Gasteiger partial charge in [-0.15, -0.1) is 0 Å². The zero-order valence-corrected chi connectivity index (χ0v) is 17.8. The van der Waals surface area contributed by atoms with Gasteiger partial charge in [0.05, 0.1) is 11.9 Å². The molecule has 0 radical (unpaired) electrons. The number of rotatable bonds is 7. The van der Waals surface area contributed by atoms with Crippen molar-refractivity contribution in [2.45, 2.75) is 83.0 Å². The first-order valence-electron chi connectivity index (χ1n) is 11.2. The van der Waals surface area contributed by atoms with Crippen molar-refractivity contribution in [2.24, 2.45) is 5.92 Å². The van der Waals surface area contributed by atoms with Crippen LogP contribution in [0.15, 0.2) is 22.5 Å². The minimum Gasteiger partial charge on any atom is -0.390 e. The van der Waals surface area contributed by atoms with Crippen molar-refractivity contribution >= 4 is 17.4 Å². The third-order valence-corrected chi connectivity index (χ3v) is 7.04. The number of imidazole rings is 1. The van der Waals surface area contributed by atoms with Crippen LogP contribution in [0.25, 0.3) is 17.4 Å². The summed E-state index contributed by atoms with van der Waals surface area (Å²) in [6.07, 6.45) is 10.3. The third kappa shape index (κ3) is 3.90. The summed E-state index contributed by atoms with van der Waals surface area (Å²) in [4.78, 5) is 30.7. The molecule has 8 nitrogen and oxygen atoms in total. The summed E-state index contributed by atoms with van der Waals surface area (Å²) >= 11 is 0. The predicted octanol–water partition coefficient (Wildman–Crippen LogP) is 1.93. The Morgan fingerprint density at radius 1 is 1.37 bits per heavy atom. The summed E-state index contributed by atoms with van der Waals surface area (Å²) in [5.41, 5.74) is -0.464. The lowest BCUT2D eigenvalue weighted by Gasteiger charge is -2.36. The van der Waals surface area contributed by atoms with Gasteiger partial charge in [0, 0.05) is 25.3 Å². The molecular weight excluding hydrogens is 382 g/mol. The fraction of sp³-hybridized carbons (Fsp3) is 0.682. The van der Waals surface area contributed by atoms with Crippen molar-refractivity contribution in [3.05, 3.63) is 33.7 Å². The molecular formula is C22H33N5O3. The maximum Gasteiger partial charge on any atom is 0.336 e. The van der Waals surface area contributed by atoms with E-state index < -0.39 is 11.3 Å². The van der Waals surface area contributed by atoms with Gasteiger partial charge < -0.3 is 15.0 Å². The standard InChI is InChI=1S/C22H33N5O3/c1-3-22(30)10-5-7-16(13-22)9-12-27-20(28)18-19(26(4-2)21(27)29)24-15-25(18)14-17-8-6-11-23-17/h4,15-17,23,30H,2-3,5-14H2,1H3. The monoisotopic (exact) mass is 415 g/mol. The molecule has 1 saturated heterocycles. The molecule has 1 aliphatic heterocycles. The fourth-order valence-electron chi connectivity index (χ4n) is 5.19. The number of hydrogen-bond acceptors (Lipinski definition) is 5. The van der Waals surface area contributed by atoms with Gasteiger partial charge >= 0.3 is 5.69 Å². The molecule has 0 aromatic carbocycles. The Hall–Kier alpha value is -2.19. The number of fused-ring (bicyclic) bond motifs is 1. The van der Waals surface area contributed by atoms with Crippen LogP contribution in [0.2, 0.25) is 0 Å². The van der Waals surface area contributed by atoms with Gasteiger partial charge in [0.15, 0.2) is 11.2 Å². The third-order valence-electron chi connectivity index (χ3n) is 7.04. The molecule has 164 valence electrons. The van der Waals surface area contributed by atoms with Crippen LogP contribution in [0.4, 0.5) is 0 Å². The van der Waals surface area contributed by atoms with Gasteiger partial charge in [-0.3, -0.25) is 13.9 Å². The number of hydrogen-bond donors (Lipinski definition) is 2. The Morgan fingerprint density at radius 3 is 2.90 bits per heavy atom. The lowest BCUT2D eigenvalue weighted by atomic mass is 9.75. The number of nitrogens with one attached hydrogen (secondary N) is 1. The van der Waals surface area contributed by atoms with Crippen molar-refractivity contribution in [2.75, 3.05) is 6.54 Å². The van der Waals surface area contributed by atoms with Crippen LogP contribution in [0.3, 0.4) is 0 Å². The molecule has 8 heteroatoms. The maximum atomic E-state index is 13.3. The van der Waals surface area contributed by atoms with Gasteiger partial charge in [0.2, 0.25) is 0 Å². The molecule has 30 heavy (non-hydrogen) atoms. The van der Waals surface area contributed by atoms with Gasteiger partial charge in [-0.1, -0.05) is 26.3 Å². The smallest absolute Gasteiger partial charge is 0.336 e. The van der Waals surface area contributed by atoms with Gasteiger partial charge in [0.25, 0.3) is 5.56 Å². The van der Waals surface area contributed by atoms with E-state index in [4.69, 9.17) is 0 Å². The van der Waals surface area contributed by atoms with Gasteiger partial charge in [-0.25, -0.2) is 9.78 Å². The molecule has 0 spiro atoms. The first kappa shape index (κ1) is 21.1. The number of aromatic nitrogens is 4. The zero-order chi connectivity index (χ0) is 21.3. The van der Waals surface area contributed by atoms with Gasteiger partial charge in [-0.2, -0.15) is 0 Å². The molecule has 0 bridgehead atoms. The van der Waals surface area contributed by atoms with E-state index in [1.54, 1.807) is 6.33 Å². The predicted molar refractivity (Wildman–Crippen MR) is 117 cm³/mol. The van der Waals surface area contributed by atoms with E-state index in [9.17, 15) is 14.7 Å². The summed E-state index contributed by atoms with van der Waals surface area (Å²) in [7, 11) is 0. The Labute approximate surface area is 176 Å². The second-order valence-electron chi connectivity index (χ2n) is 8.98. The average Bonchev–Trinajstić information content (AvgIpc) is 3.39. The second kappa shape index (κ2) is 8.51. The highest BCUT2D eigenvalue weighted by atomic mass is 16.3. The molecule has 0 amide bonds. The highest BCUT2D eigenvalue weighted by Crippen LogP contribution is 2.36. The van der Waals surface area contributed by atoms with E-state index in [0.29, 0.717) is 42.6 Å². The minimum atomic E-state index is -0.605. The second-order valence-corrected chi connectivity index (χ2v) is 8.98. The van der Waals surface area contributed by atoms with E-state index in [1.807, 2.05) is 11.5 Å². The van der Waals surface area contributed by atoms with Crippen LogP contribution in [0.5, 0.6) is 0 Å². The van der Waals surface area contributed by atoms with Crippen molar-refractivity contribution in [1.29, 1.82) is 0 Å². The SMILES string of the molecule is C=Cn1c(=O)n(CCC2CCCC(O)(CC)C2)c(=O)c2c1ncn2CC1CCCN1. The van der Waals surface area contributed by atoms with E-state index >= 15 is 0 Å². The van der Waals surface area contributed by atoms with Crippen molar-refractivity contribution in [1.82, 2.24) is 24.0 Å². The highest BCUT2D eigenvalue weighted by Gasteiger charge is 2.32. The molecule has 2 N–H and O–H groups in total. The molecule has 4 rings (SSSR count). The van der Waals surface area contributed by atoms with Crippen LogP contribution in [0.1, 0.15) is 58.3 Å². The topological polar surface area (TPSA) is 94.1 Å². The summed E-state index contributed by atoms with van der Waals surface area (Å²) in [6.45, 7) is 7.77. The molecule has 3 unspecified atom stereocenters. The van der Waals surface area contributed by atoms with Gasteiger partial charge in [0.1, 0.15) is 0 Å². The van der Waals surface area contributed by atoms with E-state index in [2.05, 4.69) is 16.9 Å². The highest BCUT2D eigenvalue weighted by molar-refractivity contribution is 5.72. The largest absolute Gasteiger partial charge is 0.390 e. The molecule has 2 fully saturated rings. The summed E-state index contributed by atoms with van der Waals surface area (Å²) < 4.78 is 4.56. The quantitative estimate of drug-likeness (QED) is 0.721. The van der Waals surface area contributed by atoms with Crippen LogP contribution in [-0.2, 0) is 13.1 Å². The number of aliphatic hydroxyl groups is 1. The minimum absolute atomic E-state index is 0.287. The normalized spacial score (nSPS) is 27.0. The first-order chi connectivity index (χ1) is 14.5. The Kier molecular flexibility index (Phi) is 5.97. The number of nitrogens with zero attached hydrogens (tertiary/aromatic N) is 4. The molecule has 3 heterocycles. The summed E-state index contributed by atoms with van der Waals surface area (Å²) in [6, 6.07) is 0.313. The Bertz CT molecular complexity index is 1030. The summed E-state index contributed by atoms with van der Waals surface area (Å²) in [5, 5.41) is 14.1. The van der Waals surface area contributed by atoms with Crippen molar-refractivity contribution in [3.8, 4) is 0 Å². The molecule has 3 atom stereocenters. The molecule has 1 aliphatic carbocycles. The van der Waals surface area contributed by atoms with Crippen LogP contribution < -0.4 is 16.6 Å². The molecule has 2 aromatic heterocycles. The van der Waals surface area contributed by atoms with Crippen molar-refractivity contribution < 1.29 is 5.11 Å². The fourth-order valence-corrected chi connectivity index (χ4v) is 5.19. The summed E-state index contributed by atoms with van der Waals surface area (Å²) in [5.74, 6) is 0.315. The first-order valence-corrected chi connectivity index (χ1v) is 11.2. The van der Waals surface area contributed by atoms with E-state index in [-0.39, 0.29) is 5.56 Å². The zero-order valence-electron chi connectivity index (χ0n) is 17.8.